The predicted octanol–water partition coefficient (Wildman–Crippen LogP) is 3.63. The number of nitrogens with one attached hydrogen (secondary N) is 2. The summed E-state index contributed by atoms with van der Waals surface area (Å²) in [5, 5.41) is 11.4. The molecule has 0 unspecified atom stereocenters. The molecular formula is C22H20F2N6O2. The summed E-state index contributed by atoms with van der Waals surface area (Å²) in [7, 11) is 0. The number of aromatic nitrogens is 4. The quantitative estimate of drug-likeness (QED) is 0.494. The Morgan fingerprint density at radius 2 is 1.91 bits per heavy atom. The number of hydrogen-bond donors (Lipinski definition) is 2. The molecule has 2 aromatic carbocycles. The largest absolute Gasteiger partial charge is 0.434 e. The van der Waals surface area contributed by atoms with E-state index >= 15 is 0 Å². The average Bonchev–Trinajstić information content (AvgIpc) is 3.14. The smallest absolute Gasteiger partial charge is 0.387 e. The number of carbonyl (C=O) groups excluding carboxylic acids is 1. The molecule has 0 saturated carbocycles. The lowest BCUT2D eigenvalue weighted by Gasteiger charge is -2.16. The minimum absolute atomic E-state index is 0.0201. The zero-order valence-corrected chi connectivity index (χ0v) is 17.0. The summed E-state index contributed by atoms with van der Waals surface area (Å²) in [6.45, 7) is -2.33. The summed E-state index contributed by atoms with van der Waals surface area (Å²) in [6, 6.07) is 13.3. The molecule has 2 aromatic heterocycles. The number of carbonyl (C=O) groups is 1. The molecule has 3 heterocycles. The summed E-state index contributed by atoms with van der Waals surface area (Å²) in [5.41, 5.74) is 1.50. The Kier molecular flexibility index (Phi) is 5.26. The van der Waals surface area contributed by atoms with Gasteiger partial charge in [-0.05, 0) is 43.5 Å². The maximum atomic E-state index is 12.9. The van der Waals surface area contributed by atoms with E-state index in [2.05, 4.69) is 30.4 Å². The highest BCUT2D eigenvalue weighted by atomic mass is 19.3. The molecule has 4 aromatic rings. The van der Waals surface area contributed by atoms with Crippen molar-refractivity contribution in [2.24, 2.45) is 0 Å². The molecule has 1 atom stereocenters. The van der Waals surface area contributed by atoms with Crippen LogP contribution in [0.5, 0.6) is 5.75 Å². The van der Waals surface area contributed by atoms with Crippen molar-refractivity contribution in [3.63, 3.8) is 0 Å². The first kappa shape index (κ1) is 20.1. The number of ether oxygens (including phenoxy) is 1. The van der Waals surface area contributed by atoms with E-state index in [1.54, 1.807) is 18.2 Å². The van der Waals surface area contributed by atoms with Gasteiger partial charge in [0.15, 0.2) is 11.5 Å². The first-order chi connectivity index (χ1) is 15.6. The molecule has 32 heavy (non-hydrogen) atoms. The number of rotatable bonds is 5. The van der Waals surface area contributed by atoms with Crippen LogP contribution in [0, 0.1) is 0 Å². The van der Waals surface area contributed by atoms with Crippen LogP contribution >= 0.6 is 0 Å². The van der Waals surface area contributed by atoms with Crippen molar-refractivity contribution >= 4 is 28.4 Å². The number of halogens is 2. The van der Waals surface area contributed by atoms with Gasteiger partial charge in [-0.3, -0.25) is 4.79 Å². The number of hydrogen-bond acceptors (Lipinski definition) is 6. The molecule has 2 N–H and O–H groups in total. The molecule has 164 valence electrons. The summed E-state index contributed by atoms with van der Waals surface area (Å²) in [5.74, 6) is 0.453. The number of alkyl halides is 2. The second kappa shape index (κ2) is 8.37. The third kappa shape index (κ3) is 3.79. The van der Waals surface area contributed by atoms with Crippen LogP contribution in [-0.2, 0) is 4.79 Å². The lowest BCUT2D eigenvalue weighted by molar-refractivity contribution is -0.121. The molecular weight excluding hydrogens is 418 g/mol. The van der Waals surface area contributed by atoms with E-state index in [9.17, 15) is 13.6 Å². The third-order valence-corrected chi connectivity index (χ3v) is 5.36. The molecule has 1 amide bonds. The highest BCUT2D eigenvalue weighted by Crippen LogP contribution is 2.31. The van der Waals surface area contributed by atoms with Crippen LogP contribution in [-0.4, -0.2) is 44.7 Å². The second-order valence-electron chi connectivity index (χ2n) is 7.48. The van der Waals surface area contributed by atoms with Crippen LogP contribution < -0.4 is 15.4 Å². The van der Waals surface area contributed by atoms with Gasteiger partial charge in [0.1, 0.15) is 11.8 Å². The van der Waals surface area contributed by atoms with E-state index in [0.29, 0.717) is 35.6 Å². The van der Waals surface area contributed by atoms with Crippen LogP contribution in [0.3, 0.4) is 0 Å². The van der Waals surface area contributed by atoms with E-state index in [4.69, 9.17) is 0 Å². The molecule has 8 nitrogen and oxygen atoms in total. The summed E-state index contributed by atoms with van der Waals surface area (Å²) in [6.07, 6.45) is 2.47. The van der Waals surface area contributed by atoms with Gasteiger partial charge in [-0.25, -0.2) is 9.97 Å². The normalized spacial score (nSPS) is 16.8. The first-order valence-electron chi connectivity index (χ1n) is 10.3. The van der Waals surface area contributed by atoms with Crippen molar-refractivity contribution in [2.45, 2.75) is 31.9 Å². The topological polar surface area (TPSA) is 93.4 Å². The zero-order valence-electron chi connectivity index (χ0n) is 17.0. The lowest BCUT2D eigenvalue weighted by atomic mass is 10.1. The van der Waals surface area contributed by atoms with Gasteiger partial charge < -0.3 is 15.4 Å². The van der Waals surface area contributed by atoms with E-state index in [0.717, 1.165) is 18.2 Å². The summed E-state index contributed by atoms with van der Waals surface area (Å²) >= 11 is 0. The van der Waals surface area contributed by atoms with Crippen molar-refractivity contribution in [2.75, 3.05) is 11.9 Å². The van der Waals surface area contributed by atoms with Crippen molar-refractivity contribution in [1.82, 2.24) is 24.9 Å². The fourth-order valence-corrected chi connectivity index (χ4v) is 3.85. The lowest BCUT2D eigenvalue weighted by Crippen LogP contribution is -2.38. The van der Waals surface area contributed by atoms with Gasteiger partial charge in [0.25, 0.3) is 0 Å². The van der Waals surface area contributed by atoms with E-state index in [1.807, 2.05) is 24.3 Å². The Labute approximate surface area is 181 Å². The number of nitrogens with zero attached hydrogens (tertiary/aromatic N) is 4. The van der Waals surface area contributed by atoms with Crippen LogP contribution in [0.1, 0.15) is 19.3 Å². The van der Waals surface area contributed by atoms with E-state index in [-0.39, 0.29) is 17.5 Å². The van der Waals surface area contributed by atoms with Crippen molar-refractivity contribution in [3.05, 3.63) is 48.5 Å². The zero-order chi connectivity index (χ0) is 22.1. The number of benzene rings is 2. The van der Waals surface area contributed by atoms with Gasteiger partial charge in [0.2, 0.25) is 11.9 Å². The number of amides is 1. The van der Waals surface area contributed by atoms with Crippen LogP contribution in [0.4, 0.5) is 14.7 Å². The molecule has 0 spiro atoms. The molecule has 0 radical (unpaired) electrons. The Hall–Kier alpha value is -3.82. The number of fused-ring (bicyclic) bond motifs is 3. The number of anilines is 1. The Morgan fingerprint density at radius 3 is 2.78 bits per heavy atom. The molecule has 5 rings (SSSR count). The maximum absolute atomic E-state index is 12.9. The molecule has 1 aliphatic rings. The fraction of sp³-hybridized carbons (Fsp3) is 0.273. The van der Waals surface area contributed by atoms with Crippen LogP contribution in [0.15, 0.2) is 48.5 Å². The first-order valence-corrected chi connectivity index (χ1v) is 10.3. The minimum Gasteiger partial charge on any atom is -0.434 e. The Bertz CT molecular complexity index is 1290. The van der Waals surface area contributed by atoms with Gasteiger partial charge >= 0.3 is 6.61 Å². The molecule has 1 saturated heterocycles. The summed E-state index contributed by atoms with van der Waals surface area (Å²) < 4.78 is 32.0. The standard InChI is InChI=1S/C22H20F2N6O2/c23-21(24)32-17-11-4-2-8-14(17)18-28-19-13-7-1-3-9-15(13)26-22(30(19)29-18)27-16-10-5-6-12-25-20(16)31/h1-4,7-9,11,16,21H,5-6,10,12H2,(H,25,31)(H,26,27)/t16-/m0/s1. The van der Waals surface area contributed by atoms with Crippen LogP contribution in [0.25, 0.3) is 27.9 Å². The maximum Gasteiger partial charge on any atom is 0.387 e. The van der Waals surface area contributed by atoms with Gasteiger partial charge in [0.05, 0.1) is 11.1 Å². The van der Waals surface area contributed by atoms with Crippen molar-refractivity contribution in [3.8, 4) is 17.1 Å². The van der Waals surface area contributed by atoms with Crippen LogP contribution in [0.2, 0.25) is 0 Å². The monoisotopic (exact) mass is 438 g/mol. The van der Waals surface area contributed by atoms with Crippen molar-refractivity contribution in [1.29, 1.82) is 0 Å². The SMILES string of the molecule is O=C1NCCCC[C@@H]1Nc1nc2ccccc2c2nc(-c3ccccc3OC(F)F)nn12. The third-order valence-electron chi connectivity index (χ3n) is 5.36. The van der Waals surface area contributed by atoms with Crippen molar-refractivity contribution < 1.29 is 18.3 Å². The van der Waals surface area contributed by atoms with Gasteiger partial charge in [0, 0.05) is 11.9 Å². The Balaban J connectivity index is 1.65. The average molecular weight is 438 g/mol. The predicted molar refractivity (Wildman–Crippen MR) is 115 cm³/mol. The molecule has 1 fully saturated rings. The summed E-state index contributed by atoms with van der Waals surface area (Å²) in [4.78, 5) is 21.7. The van der Waals surface area contributed by atoms with Gasteiger partial charge in [-0.1, -0.05) is 24.3 Å². The fourth-order valence-electron chi connectivity index (χ4n) is 3.85. The Morgan fingerprint density at radius 1 is 1.09 bits per heavy atom. The van der Waals surface area contributed by atoms with Gasteiger partial charge in [-0.2, -0.15) is 13.3 Å². The highest BCUT2D eigenvalue weighted by Gasteiger charge is 2.24. The molecule has 0 bridgehead atoms. The number of para-hydroxylation sites is 2. The molecule has 10 heteroatoms. The molecule has 1 aliphatic heterocycles. The molecule has 0 aliphatic carbocycles. The minimum atomic E-state index is -2.97. The van der Waals surface area contributed by atoms with Gasteiger partial charge in [-0.15, -0.1) is 5.10 Å². The highest BCUT2D eigenvalue weighted by molar-refractivity contribution is 5.93. The second-order valence-corrected chi connectivity index (χ2v) is 7.48. The van der Waals surface area contributed by atoms with E-state index in [1.165, 1.54) is 10.6 Å². The van der Waals surface area contributed by atoms with E-state index < -0.39 is 12.7 Å².